The van der Waals surface area contributed by atoms with Crippen LogP contribution in [0.25, 0.3) is 0 Å². The number of amides is 2. The van der Waals surface area contributed by atoms with Gasteiger partial charge in [-0.3, -0.25) is 9.59 Å². The summed E-state index contributed by atoms with van der Waals surface area (Å²) in [4.78, 5) is 22.4. The van der Waals surface area contributed by atoms with Crippen LogP contribution in [-0.2, 0) is 28.5 Å². The Morgan fingerprint density at radius 1 is 1.00 bits per heavy atom. The normalized spacial score (nSPS) is 11.7. The molecule has 0 heterocycles. The molecule has 3 N–H and O–H groups in total. The first-order chi connectivity index (χ1) is 21.6. The predicted octanol–water partition coefficient (Wildman–Crippen LogP) is 6.18. The molecule has 262 valence electrons. The van der Waals surface area contributed by atoms with E-state index in [2.05, 4.69) is 57.5 Å². The maximum atomic E-state index is 11.8. The Morgan fingerprint density at radius 3 is 2.31 bits per heavy atom. The molecule has 1 unspecified atom stereocenters. The standard InChI is InChI=1S/C23H36N2O5S2.C8H19NO2.C2H6/c1-18(2)8-7-11-24-21(27)15-28-12-13-29-22(31-32-23(3,4)5)16-30-20-10-6-9-19(14-20)25-17-26;1-3-5-10-7-8-11-6-4-9-2;1-2/h6-10,14,17-18,22H,11-13,15-16H2,1-5H3,(H,24,27)(H,25,26);9H,3-8H2,1-2H3;1-2H3/b8-7+;;. The van der Waals surface area contributed by atoms with Crippen LogP contribution in [0.1, 0.15) is 61.8 Å². The molecular formula is C33H61N3O7S2. The van der Waals surface area contributed by atoms with E-state index in [0.29, 0.717) is 56.7 Å². The Labute approximate surface area is 281 Å². The van der Waals surface area contributed by atoms with Crippen LogP contribution in [0, 0.1) is 5.92 Å². The summed E-state index contributed by atoms with van der Waals surface area (Å²) >= 11 is 0. The highest BCUT2D eigenvalue weighted by molar-refractivity contribution is 8.77. The van der Waals surface area contributed by atoms with Gasteiger partial charge in [0.1, 0.15) is 24.4 Å². The number of ether oxygens (including phenoxy) is 5. The van der Waals surface area contributed by atoms with E-state index in [1.165, 1.54) is 0 Å². The molecule has 2 amide bonds. The van der Waals surface area contributed by atoms with Gasteiger partial charge >= 0.3 is 0 Å². The molecule has 1 rings (SSSR count). The second-order valence-electron chi connectivity index (χ2n) is 10.6. The van der Waals surface area contributed by atoms with Crippen LogP contribution >= 0.6 is 21.6 Å². The molecule has 45 heavy (non-hydrogen) atoms. The lowest BCUT2D eigenvalue weighted by Crippen LogP contribution is -2.28. The van der Waals surface area contributed by atoms with Crippen molar-refractivity contribution in [1.29, 1.82) is 0 Å². The zero-order valence-electron chi connectivity index (χ0n) is 29.1. The molecule has 0 spiro atoms. The van der Waals surface area contributed by atoms with Gasteiger partial charge in [-0.2, -0.15) is 0 Å². The average Bonchev–Trinajstić information content (AvgIpc) is 3.01. The summed E-state index contributed by atoms with van der Waals surface area (Å²) in [6, 6.07) is 7.18. The summed E-state index contributed by atoms with van der Waals surface area (Å²) < 4.78 is 27.7. The minimum Gasteiger partial charge on any atom is -0.490 e. The Kier molecular flexibility index (Phi) is 32.4. The van der Waals surface area contributed by atoms with Gasteiger partial charge in [0.2, 0.25) is 12.3 Å². The summed E-state index contributed by atoms with van der Waals surface area (Å²) in [5.74, 6) is 0.953. The highest BCUT2D eigenvalue weighted by atomic mass is 33.1. The average molecular weight is 676 g/mol. The predicted molar refractivity (Wildman–Crippen MR) is 191 cm³/mol. The van der Waals surface area contributed by atoms with Crippen LogP contribution in [0.5, 0.6) is 5.75 Å². The molecule has 0 aromatic heterocycles. The molecule has 0 saturated heterocycles. The number of likely N-dealkylation sites (N-methyl/N-ethyl adjacent to an activating group) is 1. The smallest absolute Gasteiger partial charge is 0.246 e. The van der Waals surface area contributed by atoms with Gasteiger partial charge in [0.05, 0.1) is 33.0 Å². The molecule has 10 nitrogen and oxygen atoms in total. The van der Waals surface area contributed by atoms with E-state index in [1.54, 1.807) is 33.7 Å². The van der Waals surface area contributed by atoms with Crippen LogP contribution in [0.3, 0.4) is 0 Å². The monoisotopic (exact) mass is 675 g/mol. The Bertz CT molecular complexity index is 848. The summed E-state index contributed by atoms with van der Waals surface area (Å²) in [6.07, 6.45) is 5.69. The quantitative estimate of drug-likeness (QED) is 0.0386. The Morgan fingerprint density at radius 2 is 1.69 bits per heavy atom. The lowest BCUT2D eigenvalue weighted by molar-refractivity contribution is -0.126. The largest absolute Gasteiger partial charge is 0.490 e. The van der Waals surface area contributed by atoms with Crippen molar-refractivity contribution in [3.63, 3.8) is 0 Å². The number of benzene rings is 1. The van der Waals surface area contributed by atoms with Gasteiger partial charge in [-0.1, -0.05) is 95.2 Å². The van der Waals surface area contributed by atoms with E-state index in [-0.39, 0.29) is 22.7 Å². The molecule has 0 fully saturated rings. The van der Waals surface area contributed by atoms with Crippen LogP contribution in [-0.4, -0.2) is 95.5 Å². The third kappa shape index (κ3) is 33.4. The van der Waals surface area contributed by atoms with Crippen molar-refractivity contribution in [3.05, 3.63) is 36.4 Å². The number of nitrogens with one attached hydrogen (secondary N) is 3. The first kappa shape index (κ1) is 45.3. The lowest BCUT2D eigenvalue weighted by Gasteiger charge is -2.22. The fourth-order valence-electron chi connectivity index (χ4n) is 2.82. The summed E-state index contributed by atoms with van der Waals surface area (Å²) in [5, 5.41) is 8.39. The zero-order valence-corrected chi connectivity index (χ0v) is 30.8. The van der Waals surface area contributed by atoms with Gasteiger partial charge in [0.15, 0.2) is 0 Å². The number of carbonyl (C=O) groups excluding carboxylic acids is 2. The Hall–Kier alpha value is -1.80. The van der Waals surface area contributed by atoms with Gasteiger partial charge < -0.3 is 39.6 Å². The van der Waals surface area contributed by atoms with Gasteiger partial charge in [-0.15, -0.1) is 0 Å². The first-order valence-corrected chi connectivity index (χ1v) is 18.0. The Balaban J connectivity index is 0. The number of rotatable bonds is 24. The van der Waals surface area contributed by atoms with Crippen LogP contribution in [0.4, 0.5) is 5.69 Å². The summed E-state index contributed by atoms with van der Waals surface area (Å²) in [6.45, 7) is 22.1. The molecule has 0 aliphatic rings. The number of anilines is 1. The topological polar surface area (TPSA) is 116 Å². The minimum absolute atomic E-state index is 0.000450. The summed E-state index contributed by atoms with van der Waals surface area (Å²) in [7, 11) is 5.22. The number of carbonyl (C=O) groups is 2. The molecule has 0 aliphatic heterocycles. The van der Waals surface area contributed by atoms with E-state index in [1.807, 2.05) is 45.2 Å². The minimum atomic E-state index is -0.222. The molecule has 0 radical (unpaired) electrons. The summed E-state index contributed by atoms with van der Waals surface area (Å²) in [5.41, 5.74) is 0.443. The molecule has 0 saturated carbocycles. The molecule has 1 aromatic carbocycles. The number of hydrogen-bond donors (Lipinski definition) is 3. The van der Waals surface area contributed by atoms with Crippen LogP contribution < -0.4 is 20.7 Å². The number of allylic oxidation sites excluding steroid dienone is 1. The molecular weight excluding hydrogens is 615 g/mol. The fourth-order valence-corrected chi connectivity index (χ4v) is 5.01. The lowest BCUT2D eigenvalue weighted by atomic mass is 10.2. The second kappa shape index (κ2) is 32.2. The van der Waals surface area contributed by atoms with Gasteiger partial charge in [-0.05, 0) is 31.5 Å². The van der Waals surface area contributed by atoms with E-state index in [9.17, 15) is 9.59 Å². The van der Waals surface area contributed by atoms with E-state index in [4.69, 9.17) is 23.7 Å². The zero-order chi connectivity index (χ0) is 34.2. The van der Waals surface area contributed by atoms with Crippen molar-refractivity contribution in [1.82, 2.24) is 10.6 Å². The third-order valence-corrected chi connectivity index (χ3v) is 8.29. The van der Waals surface area contributed by atoms with E-state index >= 15 is 0 Å². The SMILES string of the molecule is CC.CC(C)/C=C/CNC(=O)COCCOC(COc1cccc(NC=O)c1)SSC(C)(C)C.CCCOCCOCCNC. The van der Waals surface area contributed by atoms with Crippen molar-refractivity contribution in [2.24, 2.45) is 5.92 Å². The molecule has 0 bridgehead atoms. The van der Waals surface area contributed by atoms with Gasteiger partial charge in [0.25, 0.3) is 0 Å². The maximum absolute atomic E-state index is 11.8. The van der Waals surface area contributed by atoms with E-state index < -0.39 is 0 Å². The van der Waals surface area contributed by atoms with Crippen molar-refractivity contribution < 1.29 is 33.3 Å². The molecule has 1 atom stereocenters. The second-order valence-corrected chi connectivity index (χ2v) is 13.7. The van der Waals surface area contributed by atoms with Crippen LogP contribution in [0.15, 0.2) is 36.4 Å². The highest BCUT2D eigenvalue weighted by Crippen LogP contribution is 2.38. The van der Waals surface area contributed by atoms with E-state index in [0.717, 1.165) is 32.8 Å². The molecule has 0 aliphatic carbocycles. The van der Waals surface area contributed by atoms with Crippen molar-refractivity contribution >= 4 is 39.6 Å². The number of hydrogen-bond acceptors (Lipinski definition) is 10. The first-order valence-electron chi connectivity index (χ1n) is 15.8. The van der Waals surface area contributed by atoms with Crippen molar-refractivity contribution in [3.8, 4) is 5.75 Å². The maximum Gasteiger partial charge on any atom is 0.246 e. The van der Waals surface area contributed by atoms with Gasteiger partial charge in [-0.25, -0.2) is 0 Å². The van der Waals surface area contributed by atoms with Crippen LogP contribution in [0.2, 0.25) is 0 Å². The van der Waals surface area contributed by atoms with Crippen molar-refractivity contribution in [2.75, 3.05) is 78.3 Å². The third-order valence-electron chi connectivity index (χ3n) is 4.77. The molecule has 12 heteroatoms. The fraction of sp³-hybridized carbons (Fsp3) is 0.697. The highest BCUT2D eigenvalue weighted by Gasteiger charge is 2.18. The van der Waals surface area contributed by atoms with Crippen molar-refractivity contribution in [2.45, 2.75) is 72.0 Å². The molecule has 1 aromatic rings. The van der Waals surface area contributed by atoms with Gasteiger partial charge in [0, 0.05) is 36.2 Å².